The van der Waals surface area contributed by atoms with E-state index in [2.05, 4.69) is 0 Å². The number of halogens is 2. The predicted octanol–water partition coefficient (Wildman–Crippen LogP) is 4.83. The van der Waals surface area contributed by atoms with E-state index in [1.807, 2.05) is 6.07 Å². The van der Waals surface area contributed by atoms with Crippen molar-refractivity contribution in [3.63, 3.8) is 0 Å². The van der Waals surface area contributed by atoms with Gasteiger partial charge in [-0.15, -0.1) is 0 Å². The van der Waals surface area contributed by atoms with E-state index in [0.29, 0.717) is 16.9 Å². The number of rotatable bonds is 7. The molecule has 0 saturated carbocycles. The molecule has 0 spiro atoms. The molecule has 0 N–H and O–H groups in total. The lowest BCUT2D eigenvalue weighted by Gasteiger charge is -2.09. The first-order valence-electron chi connectivity index (χ1n) is 8.45. The van der Waals surface area contributed by atoms with Gasteiger partial charge in [-0.3, -0.25) is 4.79 Å². The van der Waals surface area contributed by atoms with Crippen molar-refractivity contribution >= 4 is 23.4 Å². The number of hydrogen-bond acceptors (Lipinski definition) is 4. The molecule has 0 saturated heterocycles. The van der Waals surface area contributed by atoms with E-state index in [1.165, 1.54) is 18.2 Å². The van der Waals surface area contributed by atoms with Gasteiger partial charge in [0.25, 0.3) is 0 Å². The van der Waals surface area contributed by atoms with Crippen molar-refractivity contribution in [3.8, 4) is 5.75 Å². The summed E-state index contributed by atoms with van der Waals surface area (Å²) < 4.78 is 24.0. The fraction of sp³-hybridized carbons (Fsp3) is 0.0909. The van der Waals surface area contributed by atoms with Crippen LogP contribution in [0.1, 0.15) is 21.5 Å². The molecule has 3 aromatic rings. The third-order valence-electron chi connectivity index (χ3n) is 3.95. The Hall–Kier alpha value is -3.18. The van der Waals surface area contributed by atoms with Crippen molar-refractivity contribution < 1.29 is 23.5 Å². The second-order valence-electron chi connectivity index (χ2n) is 5.87. The Bertz CT molecular complexity index is 951. The summed E-state index contributed by atoms with van der Waals surface area (Å²) in [5.74, 6) is -0.900. The second kappa shape index (κ2) is 9.15. The summed E-state index contributed by atoms with van der Waals surface area (Å²) in [6.45, 7) is -0.629. The van der Waals surface area contributed by atoms with Crippen molar-refractivity contribution in [2.75, 3.05) is 6.61 Å². The summed E-state index contributed by atoms with van der Waals surface area (Å²) in [5, 5.41) is 0.187. The highest BCUT2D eigenvalue weighted by molar-refractivity contribution is 6.31. The third kappa shape index (κ3) is 4.96. The van der Waals surface area contributed by atoms with Crippen LogP contribution >= 0.6 is 11.6 Å². The van der Waals surface area contributed by atoms with Crippen molar-refractivity contribution in [3.05, 3.63) is 100 Å². The Morgan fingerprint density at radius 3 is 2.21 bits per heavy atom. The molecule has 0 radical (unpaired) electrons. The molecule has 0 aromatic heterocycles. The Labute approximate surface area is 166 Å². The normalized spacial score (nSPS) is 10.4. The molecule has 6 heteroatoms. The number of benzene rings is 3. The van der Waals surface area contributed by atoms with Gasteiger partial charge in [0.1, 0.15) is 18.2 Å². The molecule has 4 nitrogen and oxygen atoms in total. The van der Waals surface area contributed by atoms with Crippen molar-refractivity contribution in [2.45, 2.75) is 6.61 Å². The van der Waals surface area contributed by atoms with Crippen LogP contribution in [-0.2, 0) is 16.1 Å². The first-order valence-corrected chi connectivity index (χ1v) is 8.83. The topological polar surface area (TPSA) is 52.6 Å². The summed E-state index contributed by atoms with van der Waals surface area (Å²) in [4.78, 5) is 24.1. The minimum atomic E-state index is -0.663. The Morgan fingerprint density at radius 1 is 0.857 bits per heavy atom. The SMILES string of the molecule is O=C(COc1ccc(C(=O)c2ccccc2)cc1)OCc1c(F)cccc1Cl. The average molecular weight is 399 g/mol. The number of carbonyl (C=O) groups excluding carboxylic acids is 2. The number of carbonyl (C=O) groups is 2. The van der Waals surface area contributed by atoms with Crippen molar-refractivity contribution in [2.24, 2.45) is 0 Å². The van der Waals surface area contributed by atoms with Crippen LogP contribution < -0.4 is 4.74 Å². The summed E-state index contributed by atoms with van der Waals surface area (Å²) in [5.41, 5.74) is 1.21. The first-order chi connectivity index (χ1) is 13.5. The monoisotopic (exact) mass is 398 g/mol. The van der Waals surface area contributed by atoms with Gasteiger partial charge in [-0.25, -0.2) is 9.18 Å². The maximum atomic E-state index is 13.6. The molecule has 0 bridgehead atoms. The molecule has 28 heavy (non-hydrogen) atoms. The Kier molecular flexibility index (Phi) is 6.40. The molecule has 3 rings (SSSR count). The van der Waals surface area contributed by atoms with Crippen LogP contribution in [0.5, 0.6) is 5.75 Å². The van der Waals surface area contributed by atoms with E-state index in [0.717, 1.165) is 0 Å². The van der Waals surface area contributed by atoms with Gasteiger partial charge >= 0.3 is 5.97 Å². The van der Waals surface area contributed by atoms with E-state index >= 15 is 0 Å². The lowest BCUT2D eigenvalue weighted by molar-refractivity contribution is -0.147. The second-order valence-corrected chi connectivity index (χ2v) is 6.28. The number of ketones is 1. The quantitative estimate of drug-likeness (QED) is 0.422. The highest BCUT2D eigenvalue weighted by Crippen LogP contribution is 2.20. The zero-order valence-electron chi connectivity index (χ0n) is 14.7. The molecule has 142 valence electrons. The Morgan fingerprint density at radius 2 is 1.54 bits per heavy atom. The van der Waals surface area contributed by atoms with E-state index in [4.69, 9.17) is 21.1 Å². The van der Waals surface area contributed by atoms with Crippen LogP contribution in [0.2, 0.25) is 5.02 Å². The molecular formula is C22H16ClFO4. The van der Waals surface area contributed by atoms with Gasteiger partial charge < -0.3 is 9.47 Å². The lowest BCUT2D eigenvalue weighted by Crippen LogP contribution is -2.15. The van der Waals surface area contributed by atoms with Crippen LogP contribution in [0.15, 0.2) is 72.8 Å². The largest absolute Gasteiger partial charge is 0.482 e. The fourth-order valence-corrected chi connectivity index (χ4v) is 2.68. The molecule has 0 atom stereocenters. The highest BCUT2D eigenvalue weighted by atomic mass is 35.5. The third-order valence-corrected chi connectivity index (χ3v) is 4.30. The molecular weight excluding hydrogens is 383 g/mol. The van der Waals surface area contributed by atoms with Crippen LogP contribution in [0.3, 0.4) is 0 Å². The summed E-state index contributed by atoms with van der Waals surface area (Å²) in [6.07, 6.45) is 0. The zero-order valence-corrected chi connectivity index (χ0v) is 15.5. The molecule has 0 heterocycles. The van der Waals surface area contributed by atoms with E-state index in [-0.39, 0.29) is 29.6 Å². The molecule has 0 fully saturated rings. The molecule has 0 aliphatic heterocycles. The van der Waals surface area contributed by atoms with Gasteiger partial charge in [0.05, 0.1) is 5.02 Å². The van der Waals surface area contributed by atoms with Crippen LogP contribution in [0.4, 0.5) is 4.39 Å². The van der Waals surface area contributed by atoms with Gasteiger partial charge in [-0.2, -0.15) is 0 Å². The van der Waals surface area contributed by atoms with Crippen LogP contribution in [0, 0.1) is 5.82 Å². The minimum absolute atomic E-state index is 0.103. The van der Waals surface area contributed by atoms with Crippen molar-refractivity contribution in [1.29, 1.82) is 0 Å². The minimum Gasteiger partial charge on any atom is -0.482 e. The average Bonchev–Trinajstić information content (AvgIpc) is 2.72. The molecule has 0 amide bonds. The standard InChI is InChI=1S/C22H16ClFO4/c23-19-7-4-8-20(24)18(19)13-28-21(25)14-27-17-11-9-16(10-12-17)22(26)15-5-2-1-3-6-15/h1-12H,13-14H2. The molecule has 3 aromatic carbocycles. The van der Waals surface area contributed by atoms with Gasteiger partial charge in [-0.05, 0) is 36.4 Å². The molecule has 0 aliphatic carbocycles. The van der Waals surface area contributed by atoms with Gasteiger partial charge in [0.15, 0.2) is 12.4 Å². The van der Waals surface area contributed by atoms with E-state index < -0.39 is 11.8 Å². The van der Waals surface area contributed by atoms with Crippen LogP contribution in [-0.4, -0.2) is 18.4 Å². The van der Waals surface area contributed by atoms with Gasteiger partial charge in [-0.1, -0.05) is 48.0 Å². The van der Waals surface area contributed by atoms with Crippen molar-refractivity contribution in [1.82, 2.24) is 0 Å². The predicted molar refractivity (Wildman–Crippen MR) is 103 cm³/mol. The van der Waals surface area contributed by atoms with Crippen LogP contribution in [0.25, 0.3) is 0 Å². The van der Waals surface area contributed by atoms with Gasteiger partial charge in [0.2, 0.25) is 0 Å². The Balaban J connectivity index is 1.52. The maximum absolute atomic E-state index is 13.6. The highest BCUT2D eigenvalue weighted by Gasteiger charge is 2.12. The number of ether oxygens (including phenoxy) is 2. The fourth-order valence-electron chi connectivity index (χ4n) is 2.47. The summed E-state index contributed by atoms with van der Waals surface area (Å²) >= 11 is 5.88. The lowest BCUT2D eigenvalue weighted by atomic mass is 10.0. The summed E-state index contributed by atoms with van der Waals surface area (Å²) in [6, 6.07) is 19.6. The first kappa shape index (κ1) is 19.6. The maximum Gasteiger partial charge on any atom is 0.344 e. The zero-order chi connectivity index (χ0) is 19.9. The summed E-state index contributed by atoms with van der Waals surface area (Å²) in [7, 11) is 0. The van der Waals surface area contributed by atoms with E-state index in [9.17, 15) is 14.0 Å². The number of esters is 1. The smallest absolute Gasteiger partial charge is 0.344 e. The van der Waals surface area contributed by atoms with Gasteiger partial charge in [0, 0.05) is 16.7 Å². The molecule has 0 unspecified atom stereocenters. The molecule has 0 aliphatic rings. The number of hydrogen-bond donors (Lipinski definition) is 0. The van der Waals surface area contributed by atoms with E-state index in [1.54, 1.807) is 48.5 Å².